The molecule has 0 bridgehead atoms. The molecule has 0 spiro atoms. The highest BCUT2D eigenvalue weighted by Crippen LogP contribution is 2.23. The van der Waals surface area contributed by atoms with Gasteiger partial charge in [-0.2, -0.15) is 13.2 Å². The van der Waals surface area contributed by atoms with Crippen molar-refractivity contribution < 1.29 is 22.7 Å². The molecule has 0 rings (SSSR count). The Morgan fingerprint density at radius 2 is 1.89 bits per heavy atom. The van der Waals surface area contributed by atoms with E-state index in [1.807, 2.05) is 6.92 Å². The lowest BCUT2D eigenvalue weighted by Gasteiger charge is -2.11. The second kappa shape index (κ2) is 9.00. The quantitative estimate of drug-likeness (QED) is 0.354. The first-order valence-electron chi connectivity index (χ1n) is 6.21. The summed E-state index contributed by atoms with van der Waals surface area (Å²) in [5.41, 5.74) is 0. The molecule has 0 fully saturated rings. The molecular weight excluding hydrogens is 245 g/mol. The Bertz CT molecular complexity index is 249. The third kappa shape index (κ3) is 11.5. The van der Waals surface area contributed by atoms with Gasteiger partial charge in [0.2, 0.25) is 0 Å². The van der Waals surface area contributed by atoms with Gasteiger partial charge >= 0.3 is 12.1 Å². The van der Waals surface area contributed by atoms with Crippen LogP contribution < -0.4 is 0 Å². The maximum absolute atomic E-state index is 11.8. The molecule has 0 amide bonds. The van der Waals surface area contributed by atoms with E-state index in [4.69, 9.17) is 4.74 Å². The molecule has 5 heteroatoms. The molecule has 1 unspecified atom stereocenters. The van der Waals surface area contributed by atoms with Crippen molar-refractivity contribution in [1.29, 1.82) is 0 Å². The third-order valence-electron chi connectivity index (χ3n) is 2.58. The number of esters is 1. The summed E-state index contributed by atoms with van der Waals surface area (Å²) in [6.07, 6.45) is -0.311. The zero-order chi connectivity index (χ0) is 14.0. The Balaban J connectivity index is 3.38. The highest BCUT2D eigenvalue weighted by atomic mass is 19.4. The molecule has 0 aliphatic carbocycles. The van der Waals surface area contributed by atoms with Crippen LogP contribution in [-0.2, 0) is 9.53 Å². The number of ether oxygens (including phenoxy) is 1. The van der Waals surface area contributed by atoms with Gasteiger partial charge in [0.15, 0.2) is 0 Å². The Labute approximate surface area is 106 Å². The number of rotatable bonds is 9. The van der Waals surface area contributed by atoms with Crippen molar-refractivity contribution in [2.75, 3.05) is 6.61 Å². The van der Waals surface area contributed by atoms with E-state index in [0.29, 0.717) is 13.0 Å². The van der Waals surface area contributed by atoms with E-state index in [9.17, 15) is 18.0 Å². The van der Waals surface area contributed by atoms with Crippen molar-refractivity contribution in [3.05, 3.63) is 12.7 Å². The van der Waals surface area contributed by atoms with Gasteiger partial charge in [0, 0.05) is 12.5 Å². The van der Waals surface area contributed by atoms with Crippen LogP contribution in [0.4, 0.5) is 13.2 Å². The van der Waals surface area contributed by atoms with Crippen LogP contribution in [0.5, 0.6) is 0 Å². The Kier molecular flexibility index (Phi) is 8.50. The number of unbranched alkanes of at least 4 members (excludes halogenated alkanes) is 3. The van der Waals surface area contributed by atoms with Gasteiger partial charge in [0.1, 0.15) is 0 Å². The monoisotopic (exact) mass is 266 g/mol. The van der Waals surface area contributed by atoms with Crippen LogP contribution in [0.1, 0.15) is 45.4 Å². The largest absolute Gasteiger partial charge is 0.462 e. The molecule has 0 heterocycles. The van der Waals surface area contributed by atoms with Gasteiger partial charge in [-0.05, 0) is 18.8 Å². The van der Waals surface area contributed by atoms with Crippen LogP contribution in [0.15, 0.2) is 12.7 Å². The highest BCUT2D eigenvalue weighted by molar-refractivity contribution is 5.81. The lowest BCUT2D eigenvalue weighted by molar-refractivity contribution is -0.139. The zero-order valence-corrected chi connectivity index (χ0v) is 10.8. The molecule has 0 N–H and O–H groups in total. The number of hydrogen-bond acceptors (Lipinski definition) is 2. The standard InChI is InChI=1S/C13H21F3O2/c1-3-12(17)18-10-11(2)8-6-4-5-7-9-13(14,15)16/h3,11H,1,4-10H2,2H3. The van der Waals surface area contributed by atoms with Crippen LogP contribution in [0.2, 0.25) is 0 Å². The van der Waals surface area contributed by atoms with Crippen LogP contribution in [0.25, 0.3) is 0 Å². The van der Waals surface area contributed by atoms with Crippen LogP contribution >= 0.6 is 0 Å². The smallest absolute Gasteiger partial charge is 0.389 e. The van der Waals surface area contributed by atoms with Crippen LogP contribution in [-0.4, -0.2) is 18.8 Å². The average Bonchev–Trinajstić information content (AvgIpc) is 2.29. The first-order valence-corrected chi connectivity index (χ1v) is 6.21. The second-order valence-electron chi connectivity index (χ2n) is 4.51. The third-order valence-corrected chi connectivity index (χ3v) is 2.58. The summed E-state index contributed by atoms with van der Waals surface area (Å²) in [6.45, 7) is 5.58. The minimum Gasteiger partial charge on any atom is -0.462 e. The molecule has 2 nitrogen and oxygen atoms in total. The van der Waals surface area contributed by atoms with Gasteiger partial charge < -0.3 is 4.74 Å². The lowest BCUT2D eigenvalue weighted by Crippen LogP contribution is -2.10. The van der Waals surface area contributed by atoms with E-state index >= 15 is 0 Å². The zero-order valence-electron chi connectivity index (χ0n) is 10.8. The molecule has 0 radical (unpaired) electrons. The maximum Gasteiger partial charge on any atom is 0.389 e. The lowest BCUT2D eigenvalue weighted by atomic mass is 10.0. The Morgan fingerprint density at radius 3 is 2.44 bits per heavy atom. The SMILES string of the molecule is C=CC(=O)OCC(C)CCCCCCC(F)(F)F. The summed E-state index contributed by atoms with van der Waals surface area (Å²) >= 11 is 0. The van der Waals surface area contributed by atoms with E-state index in [1.165, 1.54) is 0 Å². The Hall–Kier alpha value is -1.00. The minimum atomic E-state index is -4.04. The molecule has 1 atom stereocenters. The normalized spacial score (nSPS) is 13.1. The fraction of sp³-hybridized carbons (Fsp3) is 0.769. The summed E-state index contributed by atoms with van der Waals surface area (Å²) in [5.74, 6) is -0.205. The van der Waals surface area contributed by atoms with Gasteiger partial charge in [-0.15, -0.1) is 0 Å². The second-order valence-corrected chi connectivity index (χ2v) is 4.51. The molecule has 0 saturated heterocycles. The van der Waals surface area contributed by atoms with Gasteiger partial charge in [-0.3, -0.25) is 0 Å². The molecule has 0 aromatic carbocycles. The molecule has 0 aromatic rings. The number of halogens is 3. The van der Waals surface area contributed by atoms with E-state index in [0.717, 1.165) is 25.3 Å². The van der Waals surface area contributed by atoms with E-state index in [2.05, 4.69) is 6.58 Å². The van der Waals surface area contributed by atoms with Crippen LogP contribution in [0.3, 0.4) is 0 Å². The fourth-order valence-corrected chi connectivity index (χ4v) is 1.54. The molecule has 0 aromatic heterocycles. The van der Waals surface area contributed by atoms with Gasteiger partial charge in [0.25, 0.3) is 0 Å². The van der Waals surface area contributed by atoms with Crippen molar-refractivity contribution in [3.8, 4) is 0 Å². The molecule has 106 valence electrons. The van der Waals surface area contributed by atoms with Gasteiger partial charge in [-0.1, -0.05) is 32.8 Å². The molecular formula is C13H21F3O2. The maximum atomic E-state index is 11.8. The summed E-state index contributed by atoms with van der Waals surface area (Å²) in [7, 11) is 0. The predicted molar refractivity (Wildman–Crippen MR) is 64.1 cm³/mol. The first-order chi connectivity index (χ1) is 8.35. The Morgan fingerprint density at radius 1 is 1.28 bits per heavy atom. The molecule has 0 aliphatic heterocycles. The van der Waals surface area contributed by atoms with Crippen molar-refractivity contribution in [1.82, 2.24) is 0 Å². The molecule has 18 heavy (non-hydrogen) atoms. The van der Waals surface area contributed by atoms with Crippen LogP contribution in [0, 0.1) is 5.92 Å². The fourth-order valence-electron chi connectivity index (χ4n) is 1.54. The van der Waals surface area contributed by atoms with Crippen molar-refractivity contribution >= 4 is 5.97 Å². The number of alkyl halides is 3. The molecule has 0 saturated carbocycles. The van der Waals surface area contributed by atoms with Gasteiger partial charge in [-0.25, -0.2) is 4.79 Å². The van der Waals surface area contributed by atoms with Crippen molar-refractivity contribution in [3.63, 3.8) is 0 Å². The summed E-state index contributed by atoms with van der Waals surface area (Å²) in [5, 5.41) is 0. The van der Waals surface area contributed by atoms with Crippen molar-refractivity contribution in [2.24, 2.45) is 5.92 Å². The van der Waals surface area contributed by atoms with E-state index in [1.54, 1.807) is 0 Å². The average molecular weight is 266 g/mol. The highest BCUT2D eigenvalue weighted by Gasteiger charge is 2.25. The molecule has 0 aliphatic rings. The minimum absolute atomic E-state index is 0.198. The van der Waals surface area contributed by atoms with E-state index in [-0.39, 0.29) is 12.3 Å². The van der Waals surface area contributed by atoms with E-state index < -0.39 is 18.6 Å². The van der Waals surface area contributed by atoms with Gasteiger partial charge in [0.05, 0.1) is 6.61 Å². The first kappa shape index (κ1) is 17.0. The number of carbonyl (C=O) groups excluding carboxylic acids is 1. The summed E-state index contributed by atoms with van der Waals surface area (Å²) in [4.78, 5) is 10.8. The number of hydrogen-bond donors (Lipinski definition) is 0. The predicted octanol–water partition coefficient (Wildman–Crippen LogP) is 4.25. The van der Waals surface area contributed by atoms with Crippen molar-refractivity contribution in [2.45, 2.75) is 51.6 Å². The topological polar surface area (TPSA) is 26.3 Å². The number of carbonyl (C=O) groups is 1. The summed E-state index contributed by atoms with van der Waals surface area (Å²) in [6, 6.07) is 0. The summed E-state index contributed by atoms with van der Waals surface area (Å²) < 4.78 is 40.4.